The van der Waals surface area contributed by atoms with Crippen LogP contribution in [0.15, 0.2) is 36.4 Å². The Bertz CT molecular complexity index is 290. The van der Waals surface area contributed by atoms with Gasteiger partial charge in [-0.2, -0.15) is 0 Å². The topological polar surface area (TPSA) is 21.3 Å². The van der Waals surface area contributed by atoms with E-state index in [9.17, 15) is 0 Å². The van der Waals surface area contributed by atoms with E-state index in [4.69, 9.17) is 4.74 Å². The zero-order chi connectivity index (χ0) is 10.4. The van der Waals surface area contributed by atoms with E-state index < -0.39 is 0 Å². The summed E-state index contributed by atoms with van der Waals surface area (Å²) in [6.07, 6.45) is 4.16. The molecule has 0 saturated carbocycles. The van der Waals surface area contributed by atoms with Crippen LogP contribution in [0, 0.1) is 0 Å². The largest absolute Gasteiger partial charge is 0.497 e. The first-order chi connectivity index (χ1) is 6.76. The summed E-state index contributed by atoms with van der Waals surface area (Å²) in [6.45, 7) is 4.14. The third kappa shape index (κ3) is 3.13. The van der Waals surface area contributed by atoms with Crippen molar-refractivity contribution < 1.29 is 4.74 Å². The fourth-order valence-electron chi connectivity index (χ4n) is 1.29. The molecule has 1 atom stereocenters. The van der Waals surface area contributed by atoms with Crippen LogP contribution in [-0.4, -0.2) is 13.2 Å². The standard InChI is InChI=1S/C12H17NO/c1-4-5-10(2)13-11-6-8-12(14-3)9-7-11/h4-10,13H,1-3H3/b5-4+. The first kappa shape index (κ1) is 10.6. The van der Waals surface area contributed by atoms with Gasteiger partial charge in [-0.15, -0.1) is 0 Å². The molecule has 0 saturated heterocycles. The van der Waals surface area contributed by atoms with E-state index in [0.29, 0.717) is 6.04 Å². The Morgan fingerprint density at radius 2 is 1.93 bits per heavy atom. The van der Waals surface area contributed by atoms with Crippen LogP contribution in [0.1, 0.15) is 13.8 Å². The zero-order valence-electron chi connectivity index (χ0n) is 8.95. The fourth-order valence-corrected chi connectivity index (χ4v) is 1.29. The second-order valence-electron chi connectivity index (χ2n) is 3.19. The van der Waals surface area contributed by atoms with Crippen molar-refractivity contribution in [3.05, 3.63) is 36.4 Å². The van der Waals surface area contributed by atoms with Crippen LogP contribution in [0.4, 0.5) is 5.69 Å². The molecular formula is C12H17NO. The van der Waals surface area contributed by atoms with Gasteiger partial charge in [-0.3, -0.25) is 0 Å². The van der Waals surface area contributed by atoms with Crippen molar-refractivity contribution in [2.75, 3.05) is 12.4 Å². The average Bonchev–Trinajstić information content (AvgIpc) is 2.19. The van der Waals surface area contributed by atoms with Gasteiger partial charge in [-0.1, -0.05) is 12.2 Å². The summed E-state index contributed by atoms with van der Waals surface area (Å²) in [7, 11) is 1.67. The number of methoxy groups -OCH3 is 1. The maximum atomic E-state index is 5.08. The minimum Gasteiger partial charge on any atom is -0.497 e. The predicted molar refractivity (Wildman–Crippen MR) is 60.9 cm³/mol. The minimum absolute atomic E-state index is 0.355. The Hall–Kier alpha value is -1.44. The van der Waals surface area contributed by atoms with E-state index in [1.807, 2.05) is 37.3 Å². The summed E-state index contributed by atoms with van der Waals surface area (Å²) in [5.74, 6) is 0.884. The molecule has 2 heteroatoms. The van der Waals surface area contributed by atoms with Gasteiger partial charge in [0.1, 0.15) is 5.75 Å². The third-order valence-corrected chi connectivity index (χ3v) is 1.97. The molecule has 0 bridgehead atoms. The molecule has 1 aromatic carbocycles. The van der Waals surface area contributed by atoms with Crippen LogP contribution in [0.3, 0.4) is 0 Å². The Kier molecular flexibility index (Phi) is 4.05. The highest BCUT2D eigenvalue weighted by atomic mass is 16.5. The molecule has 1 aromatic rings. The van der Waals surface area contributed by atoms with Gasteiger partial charge in [-0.25, -0.2) is 0 Å². The molecule has 0 heterocycles. The van der Waals surface area contributed by atoms with E-state index >= 15 is 0 Å². The molecule has 0 aliphatic carbocycles. The lowest BCUT2D eigenvalue weighted by Crippen LogP contribution is -2.11. The highest BCUT2D eigenvalue weighted by molar-refractivity contribution is 5.47. The predicted octanol–water partition coefficient (Wildman–Crippen LogP) is 3.07. The number of nitrogens with one attached hydrogen (secondary N) is 1. The van der Waals surface area contributed by atoms with Crippen molar-refractivity contribution in [1.29, 1.82) is 0 Å². The van der Waals surface area contributed by atoms with Crippen molar-refractivity contribution in [2.24, 2.45) is 0 Å². The first-order valence-electron chi connectivity index (χ1n) is 4.79. The summed E-state index contributed by atoms with van der Waals surface area (Å²) >= 11 is 0. The highest BCUT2D eigenvalue weighted by Crippen LogP contribution is 2.15. The van der Waals surface area contributed by atoms with Crippen molar-refractivity contribution in [2.45, 2.75) is 19.9 Å². The maximum Gasteiger partial charge on any atom is 0.119 e. The normalized spacial score (nSPS) is 12.8. The van der Waals surface area contributed by atoms with Crippen LogP contribution < -0.4 is 10.1 Å². The quantitative estimate of drug-likeness (QED) is 0.738. The molecule has 0 aliphatic heterocycles. The molecule has 0 spiro atoms. The molecular weight excluding hydrogens is 174 g/mol. The molecule has 0 fully saturated rings. The minimum atomic E-state index is 0.355. The molecule has 1 unspecified atom stereocenters. The molecule has 2 nitrogen and oxygen atoms in total. The number of ether oxygens (including phenoxy) is 1. The van der Waals surface area contributed by atoms with E-state index in [0.717, 1.165) is 11.4 Å². The number of benzene rings is 1. The number of hydrogen-bond acceptors (Lipinski definition) is 2. The smallest absolute Gasteiger partial charge is 0.119 e. The van der Waals surface area contributed by atoms with Gasteiger partial charge in [0.15, 0.2) is 0 Å². The molecule has 1 N–H and O–H groups in total. The van der Waals surface area contributed by atoms with E-state index in [-0.39, 0.29) is 0 Å². The van der Waals surface area contributed by atoms with Crippen molar-refractivity contribution >= 4 is 5.69 Å². The summed E-state index contributed by atoms with van der Waals surface area (Å²) in [5, 5.41) is 3.35. The molecule has 0 aliphatic rings. The van der Waals surface area contributed by atoms with Gasteiger partial charge >= 0.3 is 0 Å². The van der Waals surface area contributed by atoms with Crippen molar-refractivity contribution in [3.63, 3.8) is 0 Å². The van der Waals surface area contributed by atoms with Crippen LogP contribution in [0.5, 0.6) is 5.75 Å². The number of hydrogen-bond donors (Lipinski definition) is 1. The third-order valence-electron chi connectivity index (χ3n) is 1.97. The lowest BCUT2D eigenvalue weighted by molar-refractivity contribution is 0.415. The first-order valence-corrected chi connectivity index (χ1v) is 4.79. The lowest BCUT2D eigenvalue weighted by atomic mass is 10.2. The number of anilines is 1. The monoisotopic (exact) mass is 191 g/mol. The Morgan fingerprint density at radius 3 is 2.43 bits per heavy atom. The van der Waals surface area contributed by atoms with Crippen LogP contribution in [-0.2, 0) is 0 Å². The van der Waals surface area contributed by atoms with E-state index in [1.165, 1.54) is 0 Å². The second kappa shape index (κ2) is 5.32. The van der Waals surface area contributed by atoms with Crippen LogP contribution in [0.2, 0.25) is 0 Å². The molecule has 1 rings (SSSR count). The molecule has 76 valence electrons. The summed E-state index contributed by atoms with van der Waals surface area (Å²) in [4.78, 5) is 0. The SMILES string of the molecule is C/C=C/C(C)Nc1ccc(OC)cc1. The van der Waals surface area contributed by atoms with E-state index in [1.54, 1.807) is 7.11 Å². The second-order valence-corrected chi connectivity index (χ2v) is 3.19. The summed E-state index contributed by atoms with van der Waals surface area (Å²) in [6, 6.07) is 8.28. The Balaban J connectivity index is 2.59. The van der Waals surface area contributed by atoms with Crippen LogP contribution in [0.25, 0.3) is 0 Å². The Labute approximate surface area is 85.6 Å². The van der Waals surface area contributed by atoms with Gasteiger partial charge in [0, 0.05) is 11.7 Å². The number of rotatable bonds is 4. The highest BCUT2D eigenvalue weighted by Gasteiger charge is 1.96. The molecule has 14 heavy (non-hydrogen) atoms. The van der Waals surface area contributed by atoms with Gasteiger partial charge in [-0.05, 0) is 38.1 Å². The molecule has 0 radical (unpaired) electrons. The summed E-state index contributed by atoms with van der Waals surface area (Å²) in [5.41, 5.74) is 1.11. The molecule has 0 aromatic heterocycles. The maximum absolute atomic E-state index is 5.08. The van der Waals surface area contributed by atoms with Crippen molar-refractivity contribution in [1.82, 2.24) is 0 Å². The number of allylic oxidation sites excluding steroid dienone is 1. The average molecular weight is 191 g/mol. The van der Waals surface area contributed by atoms with Crippen molar-refractivity contribution in [3.8, 4) is 5.75 Å². The van der Waals surface area contributed by atoms with Gasteiger partial charge in [0.2, 0.25) is 0 Å². The zero-order valence-corrected chi connectivity index (χ0v) is 8.95. The lowest BCUT2D eigenvalue weighted by Gasteiger charge is -2.11. The van der Waals surface area contributed by atoms with Gasteiger partial charge < -0.3 is 10.1 Å². The molecule has 0 amide bonds. The Morgan fingerprint density at radius 1 is 1.29 bits per heavy atom. The van der Waals surface area contributed by atoms with Crippen LogP contribution >= 0.6 is 0 Å². The van der Waals surface area contributed by atoms with Gasteiger partial charge in [0.05, 0.1) is 7.11 Å². The van der Waals surface area contributed by atoms with Gasteiger partial charge in [0.25, 0.3) is 0 Å². The fraction of sp³-hybridized carbons (Fsp3) is 0.333. The summed E-state index contributed by atoms with van der Waals surface area (Å²) < 4.78 is 5.08. The van der Waals surface area contributed by atoms with E-state index in [2.05, 4.69) is 18.3 Å².